The molecule has 68 valence electrons. The van der Waals surface area contributed by atoms with Crippen LogP contribution in [0.5, 0.6) is 5.75 Å². The number of halogens is 1. The van der Waals surface area contributed by atoms with E-state index < -0.39 is 0 Å². The highest BCUT2D eigenvalue weighted by atomic mass is 35.5. The van der Waals surface area contributed by atoms with Crippen LogP contribution in [0.15, 0.2) is 24.4 Å². The molecule has 2 nitrogen and oxygen atoms in total. The number of nitrogens with one attached hydrogen (secondary N) is 1. The van der Waals surface area contributed by atoms with Gasteiger partial charge in [0.15, 0.2) is 0 Å². The van der Waals surface area contributed by atoms with Crippen LogP contribution in [0.3, 0.4) is 0 Å². The molecule has 1 aromatic carbocycles. The third kappa shape index (κ3) is 1.49. The Kier molecular flexibility index (Phi) is 2.15. The summed E-state index contributed by atoms with van der Waals surface area (Å²) >= 11 is 5.99. The molecule has 2 aromatic rings. The summed E-state index contributed by atoms with van der Waals surface area (Å²) in [6.45, 7) is 2.58. The SMILES string of the molecule is CCOc1cc2cc[nH]c2cc1Cl. The predicted octanol–water partition coefficient (Wildman–Crippen LogP) is 3.22. The lowest BCUT2D eigenvalue weighted by atomic mass is 10.2. The number of ether oxygens (including phenoxy) is 1. The molecule has 1 aromatic heterocycles. The zero-order chi connectivity index (χ0) is 9.26. The Bertz CT molecular complexity index is 422. The second-order valence-electron chi connectivity index (χ2n) is 2.78. The molecule has 0 aliphatic heterocycles. The molecule has 0 bridgehead atoms. The Labute approximate surface area is 81.5 Å². The lowest BCUT2D eigenvalue weighted by molar-refractivity contribution is 0.341. The monoisotopic (exact) mass is 195 g/mol. The third-order valence-electron chi connectivity index (χ3n) is 1.91. The molecule has 0 aliphatic carbocycles. The Hall–Kier alpha value is -1.15. The highest BCUT2D eigenvalue weighted by Gasteiger charge is 2.03. The molecule has 0 spiro atoms. The molecule has 0 aliphatic rings. The fraction of sp³-hybridized carbons (Fsp3) is 0.200. The zero-order valence-electron chi connectivity index (χ0n) is 7.30. The Balaban J connectivity index is 2.56. The smallest absolute Gasteiger partial charge is 0.138 e. The van der Waals surface area contributed by atoms with E-state index in [9.17, 15) is 0 Å². The minimum Gasteiger partial charge on any atom is -0.492 e. The summed E-state index contributed by atoms with van der Waals surface area (Å²) in [5.74, 6) is 0.747. The topological polar surface area (TPSA) is 25.0 Å². The van der Waals surface area contributed by atoms with Crippen molar-refractivity contribution in [1.29, 1.82) is 0 Å². The maximum absolute atomic E-state index is 5.99. The summed E-state index contributed by atoms with van der Waals surface area (Å²) in [7, 11) is 0. The van der Waals surface area contributed by atoms with Crippen molar-refractivity contribution in [3.63, 3.8) is 0 Å². The summed E-state index contributed by atoms with van der Waals surface area (Å²) < 4.78 is 5.37. The second-order valence-corrected chi connectivity index (χ2v) is 3.19. The molecule has 0 amide bonds. The van der Waals surface area contributed by atoms with E-state index in [1.165, 1.54) is 0 Å². The lowest BCUT2D eigenvalue weighted by Crippen LogP contribution is -1.91. The molecule has 0 unspecified atom stereocenters. The first-order valence-electron chi connectivity index (χ1n) is 4.20. The van der Waals surface area contributed by atoms with Crippen molar-refractivity contribution in [3.05, 3.63) is 29.4 Å². The second kappa shape index (κ2) is 3.30. The van der Waals surface area contributed by atoms with Crippen molar-refractivity contribution in [3.8, 4) is 5.75 Å². The minimum absolute atomic E-state index is 0.635. The van der Waals surface area contributed by atoms with E-state index in [-0.39, 0.29) is 0 Å². The maximum atomic E-state index is 5.99. The van der Waals surface area contributed by atoms with Gasteiger partial charge in [0.25, 0.3) is 0 Å². The average molecular weight is 196 g/mol. The van der Waals surface area contributed by atoms with Gasteiger partial charge in [0.1, 0.15) is 5.75 Å². The summed E-state index contributed by atoms with van der Waals surface area (Å²) in [4.78, 5) is 3.09. The van der Waals surface area contributed by atoms with E-state index in [1.54, 1.807) is 0 Å². The highest BCUT2D eigenvalue weighted by molar-refractivity contribution is 6.32. The van der Waals surface area contributed by atoms with E-state index in [4.69, 9.17) is 16.3 Å². The van der Waals surface area contributed by atoms with E-state index in [0.717, 1.165) is 16.7 Å². The normalized spacial score (nSPS) is 10.6. The molecule has 0 fully saturated rings. The van der Waals surface area contributed by atoms with Crippen LogP contribution in [-0.2, 0) is 0 Å². The largest absolute Gasteiger partial charge is 0.492 e. The van der Waals surface area contributed by atoms with Crippen LogP contribution in [0.25, 0.3) is 10.9 Å². The van der Waals surface area contributed by atoms with Gasteiger partial charge in [-0.2, -0.15) is 0 Å². The molecule has 3 heteroatoms. The fourth-order valence-electron chi connectivity index (χ4n) is 1.32. The van der Waals surface area contributed by atoms with E-state index in [2.05, 4.69) is 4.98 Å². The van der Waals surface area contributed by atoms with Crippen molar-refractivity contribution in [2.24, 2.45) is 0 Å². The Morgan fingerprint density at radius 3 is 3.08 bits per heavy atom. The number of benzene rings is 1. The van der Waals surface area contributed by atoms with Crippen LogP contribution < -0.4 is 4.74 Å². The third-order valence-corrected chi connectivity index (χ3v) is 2.20. The summed E-state index contributed by atoms with van der Waals surface area (Å²) in [6.07, 6.45) is 1.89. The molecule has 1 heterocycles. The Morgan fingerprint density at radius 1 is 1.46 bits per heavy atom. The number of hydrogen-bond acceptors (Lipinski definition) is 1. The fourth-order valence-corrected chi connectivity index (χ4v) is 1.54. The van der Waals surface area contributed by atoms with E-state index >= 15 is 0 Å². The number of H-pyrrole nitrogens is 1. The zero-order valence-corrected chi connectivity index (χ0v) is 8.06. The van der Waals surface area contributed by atoms with E-state index in [0.29, 0.717) is 11.6 Å². The number of aromatic amines is 1. The summed E-state index contributed by atoms with van der Waals surface area (Å²) in [5, 5.41) is 1.77. The van der Waals surface area contributed by atoms with Gasteiger partial charge in [0.2, 0.25) is 0 Å². The molecule has 1 N–H and O–H groups in total. The Morgan fingerprint density at radius 2 is 2.31 bits per heavy atom. The van der Waals surface area contributed by atoms with Crippen molar-refractivity contribution in [2.45, 2.75) is 6.92 Å². The number of rotatable bonds is 2. The molecular formula is C10H10ClNO. The van der Waals surface area contributed by atoms with Gasteiger partial charge < -0.3 is 9.72 Å². The maximum Gasteiger partial charge on any atom is 0.138 e. The van der Waals surface area contributed by atoms with Gasteiger partial charge in [0.05, 0.1) is 11.6 Å². The minimum atomic E-state index is 0.635. The first-order chi connectivity index (χ1) is 6.31. The van der Waals surface area contributed by atoms with Gasteiger partial charge in [0, 0.05) is 17.1 Å². The molecule has 0 radical (unpaired) electrons. The van der Waals surface area contributed by atoms with Gasteiger partial charge in [-0.3, -0.25) is 0 Å². The first kappa shape index (κ1) is 8.45. The molecule has 13 heavy (non-hydrogen) atoms. The van der Waals surface area contributed by atoms with Crippen molar-refractivity contribution in [1.82, 2.24) is 4.98 Å². The molecule has 0 atom stereocenters. The van der Waals surface area contributed by atoms with Gasteiger partial charge in [-0.05, 0) is 25.1 Å². The van der Waals surface area contributed by atoms with Gasteiger partial charge in [-0.1, -0.05) is 11.6 Å². The molecule has 0 saturated heterocycles. The average Bonchev–Trinajstić information content (AvgIpc) is 2.52. The quantitative estimate of drug-likeness (QED) is 0.782. The number of fused-ring (bicyclic) bond motifs is 1. The van der Waals surface area contributed by atoms with Crippen LogP contribution in [0.2, 0.25) is 5.02 Å². The summed E-state index contributed by atoms with van der Waals surface area (Å²) in [5.41, 5.74) is 1.04. The van der Waals surface area contributed by atoms with Gasteiger partial charge >= 0.3 is 0 Å². The van der Waals surface area contributed by atoms with Crippen LogP contribution in [-0.4, -0.2) is 11.6 Å². The van der Waals surface area contributed by atoms with Crippen molar-refractivity contribution in [2.75, 3.05) is 6.61 Å². The number of hydrogen-bond donors (Lipinski definition) is 1. The van der Waals surface area contributed by atoms with Gasteiger partial charge in [-0.15, -0.1) is 0 Å². The summed E-state index contributed by atoms with van der Waals surface area (Å²) in [6, 6.07) is 5.81. The van der Waals surface area contributed by atoms with E-state index in [1.807, 2.05) is 31.3 Å². The van der Waals surface area contributed by atoms with Crippen LogP contribution in [0.4, 0.5) is 0 Å². The number of aromatic nitrogens is 1. The molecule has 2 rings (SSSR count). The molecular weight excluding hydrogens is 186 g/mol. The van der Waals surface area contributed by atoms with Crippen molar-refractivity contribution >= 4 is 22.5 Å². The first-order valence-corrected chi connectivity index (χ1v) is 4.58. The van der Waals surface area contributed by atoms with Gasteiger partial charge in [-0.25, -0.2) is 0 Å². The van der Waals surface area contributed by atoms with Crippen LogP contribution in [0, 0.1) is 0 Å². The van der Waals surface area contributed by atoms with Crippen molar-refractivity contribution < 1.29 is 4.74 Å². The standard InChI is InChI=1S/C10H10ClNO/c1-2-13-10-5-7-3-4-12-9(7)6-8(10)11/h3-6,12H,2H2,1H3. The van der Waals surface area contributed by atoms with Crippen LogP contribution in [0.1, 0.15) is 6.92 Å². The predicted molar refractivity (Wildman–Crippen MR) is 54.5 cm³/mol. The highest BCUT2D eigenvalue weighted by Crippen LogP contribution is 2.29. The lowest BCUT2D eigenvalue weighted by Gasteiger charge is -2.04. The molecule has 0 saturated carbocycles. The van der Waals surface area contributed by atoms with Crippen LogP contribution >= 0.6 is 11.6 Å².